The summed E-state index contributed by atoms with van der Waals surface area (Å²) < 4.78 is 5.37. The lowest BCUT2D eigenvalue weighted by atomic mass is 10.0. The molecule has 102 valence electrons. The highest BCUT2D eigenvalue weighted by Crippen LogP contribution is 2.29. The van der Waals surface area contributed by atoms with E-state index in [1.54, 1.807) is 6.26 Å². The van der Waals surface area contributed by atoms with E-state index in [2.05, 4.69) is 9.97 Å². The van der Waals surface area contributed by atoms with E-state index in [1.165, 1.54) is 0 Å². The van der Waals surface area contributed by atoms with Crippen molar-refractivity contribution >= 4 is 11.8 Å². The number of nitriles is 1. The van der Waals surface area contributed by atoms with E-state index in [4.69, 9.17) is 15.9 Å². The topological polar surface area (TPSA) is 115 Å². The Kier molecular flexibility index (Phi) is 3.01. The first-order chi connectivity index (χ1) is 10.2. The van der Waals surface area contributed by atoms with Crippen molar-refractivity contribution < 1.29 is 4.42 Å². The van der Waals surface area contributed by atoms with Gasteiger partial charge in [0.2, 0.25) is 5.95 Å². The Morgan fingerprint density at radius 2 is 1.86 bits per heavy atom. The quantitative estimate of drug-likeness (QED) is 0.743. The second-order valence-corrected chi connectivity index (χ2v) is 4.36. The van der Waals surface area contributed by atoms with Crippen LogP contribution in [0.15, 0.2) is 47.1 Å². The maximum atomic E-state index is 9.24. The van der Waals surface area contributed by atoms with Gasteiger partial charge in [0.05, 0.1) is 12.0 Å². The van der Waals surface area contributed by atoms with Gasteiger partial charge >= 0.3 is 0 Å². The lowest BCUT2D eigenvalue weighted by molar-refractivity contribution is 0.582. The minimum atomic E-state index is 0.0323. The van der Waals surface area contributed by atoms with Crippen molar-refractivity contribution in [1.29, 1.82) is 5.26 Å². The molecular weight excluding hydrogens is 266 g/mol. The minimum absolute atomic E-state index is 0.0323. The second-order valence-electron chi connectivity index (χ2n) is 4.36. The van der Waals surface area contributed by atoms with Crippen LogP contribution >= 0.6 is 0 Å². The van der Waals surface area contributed by atoms with E-state index < -0.39 is 0 Å². The molecule has 0 aliphatic heterocycles. The first-order valence-electron chi connectivity index (χ1n) is 6.16. The fourth-order valence-corrected chi connectivity index (χ4v) is 2.08. The summed E-state index contributed by atoms with van der Waals surface area (Å²) in [5.41, 5.74) is 13.6. The van der Waals surface area contributed by atoms with Gasteiger partial charge < -0.3 is 15.9 Å². The summed E-state index contributed by atoms with van der Waals surface area (Å²) >= 11 is 0. The van der Waals surface area contributed by atoms with Crippen molar-refractivity contribution in [3.05, 3.63) is 48.2 Å². The van der Waals surface area contributed by atoms with Crippen LogP contribution in [0.3, 0.4) is 0 Å². The summed E-state index contributed by atoms with van der Waals surface area (Å²) in [6.07, 6.45) is 1.60. The molecule has 3 rings (SSSR count). The SMILES string of the molecule is N#Cc1c(N)nc(N)nc1-c1cccc(-c2ccco2)c1. The molecule has 0 spiro atoms. The molecule has 0 saturated heterocycles. The summed E-state index contributed by atoms with van der Waals surface area (Å²) in [7, 11) is 0. The first kappa shape index (κ1) is 12.7. The van der Waals surface area contributed by atoms with Crippen molar-refractivity contribution in [3.63, 3.8) is 0 Å². The predicted molar refractivity (Wildman–Crippen MR) is 78.7 cm³/mol. The van der Waals surface area contributed by atoms with E-state index in [1.807, 2.05) is 42.5 Å². The zero-order valence-corrected chi connectivity index (χ0v) is 10.9. The van der Waals surface area contributed by atoms with Crippen LogP contribution in [0.25, 0.3) is 22.6 Å². The summed E-state index contributed by atoms with van der Waals surface area (Å²) in [6.45, 7) is 0. The molecule has 1 aromatic carbocycles. The van der Waals surface area contributed by atoms with Gasteiger partial charge in [0.25, 0.3) is 0 Å². The Morgan fingerprint density at radius 1 is 1.05 bits per heavy atom. The van der Waals surface area contributed by atoms with E-state index >= 15 is 0 Å². The average Bonchev–Trinajstić information content (AvgIpc) is 3.01. The third-order valence-corrected chi connectivity index (χ3v) is 3.01. The lowest BCUT2D eigenvalue weighted by Crippen LogP contribution is -2.04. The smallest absolute Gasteiger partial charge is 0.222 e. The number of hydrogen-bond donors (Lipinski definition) is 2. The van der Waals surface area contributed by atoms with Crippen molar-refractivity contribution in [2.75, 3.05) is 11.5 Å². The Labute approximate surface area is 120 Å². The van der Waals surface area contributed by atoms with Crippen LogP contribution in [-0.2, 0) is 0 Å². The normalized spacial score (nSPS) is 10.2. The van der Waals surface area contributed by atoms with E-state index in [0.29, 0.717) is 5.69 Å². The van der Waals surface area contributed by atoms with Crippen LogP contribution in [0.5, 0.6) is 0 Å². The molecule has 6 nitrogen and oxygen atoms in total. The number of furan rings is 1. The molecular formula is C15H11N5O. The highest BCUT2D eigenvalue weighted by molar-refractivity contribution is 5.76. The largest absolute Gasteiger partial charge is 0.464 e. The molecule has 0 unspecified atom stereocenters. The number of aromatic nitrogens is 2. The third-order valence-electron chi connectivity index (χ3n) is 3.01. The van der Waals surface area contributed by atoms with Crippen LogP contribution in [0, 0.1) is 11.3 Å². The fourth-order valence-electron chi connectivity index (χ4n) is 2.08. The lowest BCUT2D eigenvalue weighted by Gasteiger charge is -2.07. The molecule has 2 aromatic heterocycles. The van der Waals surface area contributed by atoms with Crippen LogP contribution < -0.4 is 11.5 Å². The number of benzene rings is 1. The maximum Gasteiger partial charge on any atom is 0.222 e. The third kappa shape index (κ3) is 2.28. The summed E-state index contributed by atoms with van der Waals surface area (Å²) in [6, 6.07) is 13.1. The van der Waals surface area contributed by atoms with Crippen molar-refractivity contribution in [2.45, 2.75) is 0 Å². The number of nitrogens with two attached hydrogens (primary N) is 2. The van der Waals surface area contributed by atoms with Crippen LogP contribution in [-0.4, -0.2) is 9.97 Å². The number of anilines is 2. The van der Waals surface area contributed by atoms with Crippen molar-refractivity contribution in [3.8, 4) is 28.7 Å². The molecule has 0 bridgehead atoms. The maximum absolute atomic E-state index is 9.24. The van der Waals surface area contributed by atoms with Crippen molar-refractivity contribution in [2.24, 2.45) is 0 Å². The molecule has 0 aliphatic carbocycles. The molecule has 4 N–H and O–H groups in total. The Hall–Kier alpha value is -3.33. The van der Waals surface area contributed by atoms with Gasteiger partial charge in [-0.15, -0.1) is 0 Å². The van der Waals surface area contributed by atoms with Crippen LogP contribution in [0.2, 0.25) is 0 Å². The van der Waals surface area contributed by atoms with E-state index in [9.17, 15) is 5.26 Å². The van der Waals surface area contributed by atoms with Gasteiger partial charge in [-0.2, -0.15) is 10.2 Å². The van der Waals surface area contributed by atoms with Crippen molar-refractivity contribution in [1.82, 2.24) is 9.97 Å². The monoisotopic (exact) mass is 277 g/mol. The molecule has 0 aliphatic rings. The second kappa shape index (κ2) is 4.98. The molecule has 0 atom stereocenters. The van der Waals surface area contributed by atoms with E-state index in [-0.39, 0.29) is 17.3 Å². The van der Waals surface area contributed by atoms with Gasteiger partial charge in [-0.05, 0) is 18.2 Å². The van der Waals surface area contributed by atoms with Gasteiger partial charge in [-0.25, -0.2) is 4.98 Å². The molecule has 3 aromatic rings. The number of nitrogens with zero attached hydrogens (tertiary/aromatic N) is 3. The first-order valence-corrected chi connectivity index (χ1v) is 6.16. The highest BCUT2D eigenvalue weighted by Gasteiger charge is 2.14. The molecule has 0 fully saturated rings. The molecule has 0 radical (unpaired) electrons. The van der Waals surface area contributed by atoms with Gasteiger partial charge in [-0.3, -0.25) is 0 Å². The van der Waals surface area contributed by atoms with Crippen LogP contribution in [0.1, 0.15) is 5.56 Å². The molecule has 21 heavy (non-hydrogen) atoms. The molecule has 0 saturated carbocycles. The number of hydrogen-bond acceptors (Lipinski definition) is 6. The summed E-state index contributed by atoms with van der Waals surface area (Å²) in [4.78, 5) is 7.94. The molecule has 2 heterocycles. The van der Waals surface area contributed by atoms with Gasteiger partial charge in [0.15, 0.2) is 0 Å². The Morgan fingerprint density at radius 3 is 2.57 bits per heavy atom. The number of nitrogen functional groups attached to an aromatic ring is 2. The summed E-state index contributed by atoms with van der Waals surface area (Å²) in [5.74, 6) is 0.832. The molecule has 0 amide bonds. The standard InChI is InChI=1S/C15H11N5O/c16-8-11-13(19-15(18)20-14(11)17)10-4-1-3-9(7-10)12-5-2-6-21-12/h1-7H,(H4,17,18,19,20). The van der Waals surface area contributed by atoms with Gasteiger partial charge in [0, 0.05) is 11.1 Å². The highest BCUT2D eigenvalue weighted by atomic mass is 16.3. The van der Waals surface area contributed by atoms with Crippen LogP contribution in [0.4, 0.5) is 11.8 Å². The van der Waals surface area contributed by atoms with Gasteiger partial charge in [-0.1, -0.05) is 18.2 Å². The Balaban J connectivity index is 2.18. The summed E-state index contributed by atoms with van der Waals surface area (Å²) in [5, 5.41) is 9.24. The average molecular weight is 277 g/mol. The Bertz CT molecular complexity index is 834. The zero-order valence-electron chi connectivity index (χ0n) is 10.9. The zero-order chi connectivity index (χ0) is 14.8. The molecule has 6 heteroatoms. The van der Waals surface area contributed by atoms with E-state index in [0.717, 1.165) is 16.9 Å². The number of rotatable bonds is 2. The van der Waals surface area contributed by atoms with Gasteiger partial charge in [0.1, 0.15) is 23.2 Å². The fraction of sp³-hybridized carbons (Fsp3) is 0. The predicted octanol–water partition coefficient (Wildman–Crippen LogP) is 2.44. The minimum Gasteiger partial charge on any atom is -0.464 e.